The van der Waals surface area contributed by atoms with Crippen LogP contribution >= 0.6 is 0 Å². The normalized spacial score (nSPS) is 25.5. The standard InChI is InChI=1S/C15H22N2/c1-12-7-9-15(10-8-12)11-16-17-13(2)5-4-6-14(17)3/h7-11,13-14H,4-6H2,1-3H3/b16-11-/t13-,14-/m1/s1. The lowest BCUT2D eigenvalue weighted by molar-refractivity contribution is 0.109. The summed E-state index contributed by atoms with van der Waals surface area (Å²) in [5.41, 5.74) is 2.47. The van der Waals surface area contributed by atoms with Crippen LogP contribution in [0.2, 0.25) is 0 Å². The zero-order valence-electron chi connectivity index (χ0n) is 11.1. The van der Waals surface area contributed by atoms with Crippen LogP contribution in [0.25, 0.3) is 0 Å². The molecule has 1 fully saturated rings. The number of hydrogen-bond acceptors (Lipinski definition) is 2. The van der Waals surface area contributed by atoms with Gasteiger partial charge in [0.15, 0.2) is 0 Å². The Kier molecular flexibility index (Phi) is 3.82. The quantitative estimate of drug-likeness (QED) is 0.709. The van der Waals surface area contributed by atoms with Crippen molar-refractivity contribution in [3.63, 3.8) is 0 Å². The smallest absolute Gasteiger partial charge is 0.0543 e. The van der Waals surface area contributed by atoms with Crippen molar-refractivity contribution in [3.8, 4) is 0 Å². The Morgan fingerprint density at radius 1 is 1.12 bits per heavy atom. The van der Waals surface area contributed by atoms with Gasteiger partial charge in [-0.1, -0.05) is 29.8 Å². The first-order chi connectivity index (χ1) is 8.16. The highest BCUT2D eigenvalue weighted by Gasteiger charge is 2.22. The van der Waals surface area contributed by atoms with Crippen LogP contribution in [0, 0.1) is 6.92 Å². The summed E-state index contributed by atoms with van der Waals surface area (Å²) < 4.78 is 0. The van der Waals surface area contributed by atoms with Crippen molar-refractivity contribution in [2.45, 2.75) is 52.1 Å². The van der Waals surface area contributed by atoms with Gasteiger partial charge in [0.2, 0.25) is 0 Å². The Morgan fingerprint density at radius 3 is 2.29 bits per heavy atom. The molecule has 0 bridgehead atoms. The molecule has 1 heterocycles. The van der Waals surface area contributed by atoms with Crippen LogP contribution in [0.4, 0.5) is 0 Å². The van der Waals surface area contributed by atoms with Crippen molar-refractivity contribution in [3.05, 3.63) is 35.4 Å². The summed E-state index contributed by atoms with van der Waals surface area (Å²) in [6.07, 6.45) is 5.84. The van der Waals surface area contributed by atoms with Gasteiger partial charge in [-0.05, 0) is 45.6 Å². The van der Waals surface area contributed by atoms with E-state index in [9.17, 15) is 0 Å². The second kappa shape index (κ2) is 5.35. The minimum atomic E-state index is 0.570. The van der Waals surface area contributed by atoms with Crippen molar-refractivity contribution < 1.29 is 0 Å². The van der Waals surface area contributed by atoms with Gasteiger partial charge in [-0.25, -0.2) is 0 Å². The number of nitrogens with zero attached hydrogens (tertiary/aromatic N) is 2. The molecule has 2 rings (SSSR count). The van der Waals surface area contributed by atoms with E-state index in [1.807, 2.05) is 6.21 Å². The van der Waals surface area contributed by atoms with Crippen LogP contribution in [-0.2, 0) is 0 Å². The number of rotatable bonds is 2. The predicted octanol–water partition coefficient (Wildman–Crippen LogP) is 3.59. The molecule has 92 valence electrons. The zero-order chi connectivity index (χ0) is 12.3. The second-order valence-corrected chi connectivity index (χ2v) is 5.16. The van der Waals surface area contributed by atoms with Gasteiger partial charge in [-0.2, -0.15) is 5.10 Å². The van der Waals surface area contributed by atoms with Gasteiger partial charge in [0.25, 0.3) is 0 Å². The van der Waals surface area contributed by atoms with Gasteiger partial charge >= 0.3 is 0 Å². The van der Waals surface area contributed by atoms with Gasteiger partial charge < -0.3 is 0 Å². The van der Waals surface area contributed by atoms with Crippen LogP contribution in [0.1, 0.15) is 44.2 Å². The molecule has 0 amide bonds. The third-order valence-corrected chi connectivity index (χ3v) is 3.56. The molecule has 2 heteroatoms. The van der Waals surface area contributed by atoms with E-state index in [2.05, 4.69) is 55.1 Å². The highest BCUT2D eigenvalue weighted by Crippen LogP contribution is 2.22. The molecule has 0 spiro atoms. The number of piperidine rings is 1. The Labute approximate surface area is 104 Å². The predicted molar refractivity (Wildman–Crippen MR) is 73.4 cm³/mol. The van der Waals surface area contributed by atoms with Gasteiger partial charge in [-0.3, -0.25) is 5.01 Å². The maximum Gasteiger partial charge on any atom is 0.0543 e. The maximum absolute atomic E-state index is 4.65. The first kappa shape index (κ1) is 12.2. The van der Waals surface area contributed by atoms with E-state index in [4.69, 9.17) is 0 Å². The minimum Gasteiger partial charge on any atom is -0.292 e. The molecule has 2 nitrogen and oxygen atoms in total. The lowest BCUT2D eigenvalue weighted by Crippen LogP contribution is -2.39. The first-order valence-corrected chi connectivity index (χ1v) is 6.56. The topological polar surface area (TPSA) is 15.6 Å². The summed E-state index contributed by atoms with van der Waals surface area (Å²) >= 11 is 0. The second-order valence-electron chi connectivity index (χ2n) is 5.16. The Bertz CT molecular complexity index is 370. The van der Waals surface area contributed by atoms with Gasteiger partial charge in [0.1, 0.15) is 0 Å². The SMILES string of the molecule is Cc1ccc(/C=N\N2[C@H](C)CCC[C@H]2C)cc1. The van der Waals surface area contributed by atoms with Crippen molar-refractivity contribution in [1.29, 1.82) is 0 Å². The van der Waals surface area contributed by atoms with Gasteiger partial charge in [0.05, 0.1) is 6.21 Å². The van der Waals surface area contributed by atoms with E-state index < -0.39 is 0 Å². The molecule has 0 saturated carbocycles. The van der Waals surface area contributed by atoms with Gasteiger partial charge in [0, 0.05) is 12.1 Å². The molecule has 0 N–H and O–H groups in total. The van der Waals surface area contributed by atoms with Crippen molar-refractivity contribution in [1.82, 2.24) is 5.01 Å². The number of benzene rings is 1. The molecule has 0 radical (unpaired) electrons. The number of hydrazone groups is 1. The van der Waals surface area contributed by atoms with Gasteiger partial charge in [-0.15, -0.1) is 0 Å². The fourth-order valence-electron chi connectivity index (χ4n) is 2.42. The summed E-state index contributed by atoms with van der Waals surface area (Å²) in [5, 5.41) is 6.91. The summed E-state index contributed by atoms with van der Waals surface area (Å²) in [4.78, 5) is 0. The van der Waals surface area contributed by atoms with Crippen LogP contribution in [0.3, 0.4) is 0 Å². The highest BCUT2D eigenvalue weighted by molar-refractivity contribution is 5.79. The van der Waals surface area contributed by atoms with Crippen molar-refractivity contribution in [2.75, 3.05) is 0 Å². The summed E-state index contributed by atoms with van der Waals surface area (Å²) in [6, 6.07) is 9.64. The molecular weight excluding hydrogens is 208 g/mol. The summed E-state index contributed by atoms with van der Waals surface area (Å²) in [6.45, 7) is 6.64. The molecule has 1 aliphatic heterocycles. The fourth-order valence-corrected chi connectivity index (χ4v) is 2.42. The monoisotopic (exact) mass is 230 g/mol. The first-order valence-electron chi connectivity index (χ1n) is 6.56. The van der Waals surface area contributed by atoms with Crippen LogP contribution in [0.15, 0.2) is 29.4 Å². The highest BCUT2D eigenvalue weighted by atomic mass is 15.5. The average molecular weight is 230 g/mol. The molecule has 1 aliphatic rings. The van der Waals surface area contributed by atoms with E-state index in [0.717, 1.165) is 0 Å². The zero-order valence-corrected chi connectivity index (χ0v) is 11.1. The minimum absolute atomic E-state index is 0.570. The molecule has 0 unspecified atom stereocenters. The van der Waals surface area contributed by atoms with E-state index >= 15 is 0 Å². The molecule has 1 aromatic carbocycles. The Balaban J connectivity index is 2.06. The molecule has 1 saturated heterocycles. The lowest BCUT2D eigenvalue weighted by atomic mass is 10.00. The van der Waals surface area contributed by atoms with Crippen molar-refractivity contribution >= 4 is 6.21 Å². The largest absolute Gasteiger partial charge is 0.292 e. The Morgan fingerprint density at radius 2 is 1.71 bits per heavy atom. The molecule has 1 aromatic rings. The van der Waals surface area contributed by atoms with Crippen LogP contribution < -0.4 is 0 Å². The number of aryl methyl sites for hydroxylation is 1. The average Bonchev–Trinajstić information content (AvgIpc) is 2.31. The summed E-state index contributed by atoms with van der Waals surface area (Å²) in [5.74, 6) is 0. The Hall–Kier alpha value is -1.31. The molecule has 0 aromatic heterocycles. The third kappa shape index (κ3) is 3.09. The fraction of sp³-hybridized carbons (Fsp3) is 0.533. The molecule has 0 aliphatic carbocycles. The van der Waals surface area contributed by atoms with E-state index in [1.165, 1.54) is 30.4 Å². The number of hydrogen-bond donors (Lipinski definition) is 0. The lowest BCUT2D eigenvalue weighted by Gasteiger charge is -2.36. The molecular formula is C15H22N2. The third-order valence-electron chi connectivity index (χ3n) is 3.56. The van der Waals surface area contributed by atoms with Crippen molar-refractivity contribution in [2.24, 2.45) is 5.10 Å². The molecule has 17 heavy (non-hydrogen) atoms. The van der Waals surface area contributed by atoms with Crippen LogP contribution in [0.5, 0.6) is 0 Å². The maximum atomic E-state index is 4.65. The van der Waals surface area contributed by atoms with Crippen LogP contribution in [-0.4, -0.2) is 23.3 Å². The molecule has 2 atom stereocenters. The summed E-state index contributed by atoms with van der Waals surface area (Å²) in [7, 11) is 0. The van der Waals surface area contributed by atoms with E-state index in [1.54, 1.807) is 0 Å². The van der Waals surface area contributed by atoms with E-state index in [-0.39, 0.29) is 0 Å². The van der Waals surface area contributed by atoms with E-state index in [0.29, 0.717) is 12.1 Å².